The maximum atomic E-state index is 12.9. The minimum Gasteiger partial charge on any atom is -0.441 e. The van der Waals surface area contributed by atoms with Crippen LogP contribution < -0.4 is 5.69 Å². The summed E-state index contributed by atoms with van der Waals surface area (Å²) in [6.07, 6.45) is 3.23. The second kappa shape index (κ2) is 8.64. The monoisotopic (exact) mass is 463 g/mol. The summed E-state index contributed by atoms with van der Waals surface area (Å²) in [5, 5.41) is 5.92. The molecule has 0 N–H and O–H groups in total. The fourth-order valence-corrected chi connectivity index (χ4v) is 4.31. The van der Waals surface area contributed by atoms with Crippen LogP contribution in [0.15, 0.2) is 81.2 Å². The first-order chi connectivity index (χ1) is 15.6. The zero-order chi connectivity index (χ0) is 22.1. The Labute approximate surface area is 192 Å². The van der Waals surface area contributed by atoms with Gasteiger partial charge in [0.25, 0.3) is 0 Å². The van der Waals surface area contributed by atoms with Crippen molar-refractivity contribution in [1.82, 2.24) is 24.1 Å². The average molecular weight is 464 g/mol. The van der Waals surface area contributed by atoms with Crippen molar-refractivity contribution in [2.45, 2.75) is 24.2 Å². The van der Waals surface area contributed by atoms with Crippen LogP contribution in [0.3, 0.4) is 0 Å². The van der Waals surface area contributed by atoms with Gasteiger partial charge < -0.3 is 4.42 Å². The van der Waals surface area contributed by atoms with Crippen molar-refractivity contribution >= 4 is 29.0 Å². The van der Waals surface area contributed by atoms with E-state index >= 15 is 0 Å². The lowest BCUT2D eigenvalue weighted by molar-refractivity contribution is 0.535. The minimum atomic E-state index is -0.251. The van der Waals surface area contributed by atoms with Crippen LogP contribution in [0.1, 0.15) is 17.0 Å². The summed E-state index contributed by atoms with van der Waals surface area (Å²) in [5.41, 5.74) is 2.92. The molecular formula is C23H18ClN5O2S. The van der Waals surface area contributed by atoms with Crippen molar-refractivity contribution in [3.63, 3.8) is 0 Å². The predicted octanol–water partition coefficient (Wildman–Crippen LogP) is 4.85. The molecule has 0 saturated heterocycles. The zero-order valence-corrected chi connectivity index (χ0v) is 18.7. The minimum absolute atomic E-state index is 0.212. The lowest BCUT2D eigenvalue weighted by Gasteiger charge is -2.02. The lowest BCUT2D eigenvalue weighted by Crippen LogP contribution is -2.22. The maximum Gasteiger partial charge on any atom is 0.350 e. The highest BCUT2D eigenvalue weighted by Crippen LogP contribution is 2.25. The quantitative estimate of drug-likeness (QED) is 0.335. The van der Waals surface area contributed by atoms with Crippen LogP contribution in [-0.4, -0.2) is 24.1 Å². The molecule has 0 bridgehead atoms. The summed E-state index contributed by atoms with van der Waals surface area (Å²) in [6, 6.07) is 17.3. The second-order valence-electron chi connectivity index (χ2n) is 7.17. The Bertz CT molecular complexity index is 1440. The van der Waals surface area contributed by atoms with Gasteiger partial charge in [-0.15, -0.1) is 5.10 Å². The summed E-state index contributed by atoms with van der Waals surface area (Å²) >= 11 is 7.48. The molecule has 0 fully saturated rings. The normalized spacial score (nSPS) is 11.3. The van der Waals surface area contributed by atoms with Gasteiger partial charge in [-0.25, -0.2) is 23.8 Å². The molecule has 9 heteroatoms. The van der Waals surface area contributed by atoms with Crippen molar-refractivity contribution in [1.29, 1.82) is 0 Å². The smallest absolute Gasteiger partial charge is 0.350 e. The standard InChI is InChI=1S/C23H18ClN5O2S/c1-15-19(26-21(31-15)17-5-3-2-4-6-17)13-29-23(30)28-12-11-25-22(20(28)27-29)32-14-16-7-9-18(24)10-8-16/h2-12H,13-14H2,1H3. The molecule has 0 aliphatic heterocycles. The second-order valence-corrected chi connectivity index (χ2v) is 8.57. The number of benzene rings is 2. The third kappa shape index (κ3) is 4.06. The van der Waals surface area contributed by atoms with E-state index in [0.717, 1.165) is 11.1 Å². The van der Waals surface area contributed by atoms with Crippen LogP contribution in [0.4, 0.5) is 0 Å². The molecule has 3 heterocycles. The lowest BCUT2D eigenvalue weighted by atomic mass is 10.2. The first kappa shape index (κ1) is 20.5. The summed E-state index contributed by atoms with van der Waals surface area (Å²) in [7, 11) is 0. The molecule has 5 rings (SSSR count). The van der Waals surface area contributed by atoms with Crippen LogP contribution >= 0.6 is 23.4 Å². The topological polar surface area (TPSA) is 78.2 Å². The number of halogens is 1. The van der Waals surface area contributed by atoms with Crippen LogP contribution in [0, 0.1) is 6.92 Å². The number of aryl methyl sites for hydroxylation is 1. The number of hydrogen-bond acceptors (Lipinski definition) is 6. The van der Waals surface area contributed by atoms with E-state index in [9.17, 15) is 4.79 Å². The molecule has 5 aromatic rings. The summed E-state index contributed by atoms with van der Waals surface area (Å²) < 4.78 is 8.72. The van der Waals surface area contributed by atoms with E-state index in [1.807, 2.05) is 61.5 Å². The molecule has 0 saturated carbocycles. The van der Waals surface area contributed by atoms with Crippen molar-refractivity contribution < 1.29 is 4.42 Å². The number of nitrogens with zero attached hydrogens (tertiary/aromatic N) is 5. The maximum absolute atomic E-state index is 12.9. The Kier molecular flexibility index (Phi) is 5.55. The third-order valence-corrected chi connectivity index (χ3v) is 6.26. The molecule has 160 valence electrons. The number of rotatable bonds is 6. The van der Waals surface area contributed by atoms with E-state index in [-0.39, 0.29) is 12.2 Å². The molecule has 0 aliphatic rings. The van der Waals surface area contributed by atoms with Crippen molar-refractivity contribution in [2.24, 2.45) is 0 Å². The molecule has 0 spiro atoms. The molecule has 7 nitrogen and oxygen atoms in total. The SMILES string of the molecule is Cc1oc(-c2ccccc2)nc1Cn1nc2c(SCc3ccc(Cl)cc3)nccn2c1=O. The molecule has 0 aliphatic carbocycles. The Hall–Kier alpha value is -3.36. The summed E-state index contributed by atoms with van der Waals surface area (Å²) in [5.74, 6) is 1.87. The van der Waals surface area contributed by atoms with Gasteiger partial charge in [0, 0.05) is 28.7 Å². The van der Waals surface area contributed by atoms with Crippen LogP contribution in [0.25, 0.3) is 17.1 Å². The van der Waals surface area contributed by atoms with Gasteiger partial charge in [-0.05, 0) is 36.8 Å². The van der Waals surface area contributed by atoms with Gasteiger partial charge in [-0.2, -0.15) is 0 Å². The van der Waals surface area contributed by atoms with Gasteiger partial charge in [-0.1, -0.05) is 53.7 Å². The number of fused-ring (bicyclic) bond motifs is 1. The van der Waals surface area contributed by atoms with Gasteiger partial charge in [-0.3, -0.25) is 0 Å². The van der Waals surface area contributed by atoms with Gasteiger partial charge >= 0.3 is 5.69 Å². The van der Waals surface area contributed by atoms with Crippen molar-refractivity contribution in [3.8, 4) is 11.5 Å². The molecule has 2 aromatic carbocycles. The molecular weight excluding hydrogens is 446 g/mol. The first-order valence-electron chi connectivity index (χ1n) is 9.91. The van der Waals surface area contributed by atoms with E-state index in [1.165, 1.54) is 20.8 Å². The molecule has 3 aromatic heterocycles. The fourth-order valence-electron chi connectivity index (χ4n) is 3.28. The van der Waals surface area contributed by atoms with Crippen molar-refractivity contribution in [2.75, 3.05) is 0 Å². The molecule has 0 radical (unpaired) electrons. The molecule has 0 amide bonds. The van der Waals surface area contributed by atoms with Crippen LogP contribution in [0.5, 0.6) is 0 Å². The Morgan fingerprint density at radius 1 is 1.09 bits per heavy atom. The summed E-state index contributed by atoms with van der Waals surface area (Å²) in [6.45, 7) is 2.05. The van der Waals surface area contributed by atoms with Crippen LogP contribution in [-0.2, 0) is 12.3 Å². The predicted molar refractivity (Wildman–Crippen MR) is 124 cm³/mol. The van der Waals surface area contributed by atoms with E-state index in [2.05, 4.69) is 15.1 Å². The van der Waals surface area contributed by atoms with Gasteiger partial charge in [0.2, 0.25) is 5.89 Å². The molecule has 32 heavy (non-hydrogen) atoms. The first-order valence-corrected chi connectivity index (χ1v) is 11.3. The number of thioether (sulfide) groups is 1. The number of aromatic nitrogens is 5. The number of hydrogen-bond donors (Lipinski definition) is 0. The third-order valence-electron chi connectivity index (χ3n) is 4.97. The molecule has 0 atom stereocenters. The van der Waals surface area contributed by atoms with E-state index in [1.54, 1.807) is 12.4 Å². The molecule has 0 unspecified atom stereocenters. The zero-order valence-electron chi connectivity index (χ0n) is 17.1. The van der Waals surface area contributed by atoms with E-state index in [4.69, 9.17) is 16.0 Å². The fraction of sp³-hybridized carbons (Fsp3) is 0.130. The largest absolute Gasteiger partial charge is 0.441 e. The van der Waals surface area contributed by atoms with Gasteiger partial charge in [0.15, 0.2) is 5.65 Å². The highest BCUT2D eigenvalue weighted by Gasteiger charge is 2.17. The van der Waals surface area contributed by atoms with Crippen LogP contribution in [0.2, 0.25) is 5.02 Å². The van der Waals surface area contributed by atoms with E-state index < -0.39 is 0 Å². The number of oxazole rings is 1. The summed E-state index contributed by atoms with van der Waals surface area (Å²) in [4.78, 5) is 22.0. The highest BCUT2D eigenvalue weighted by atomic mass is 35.5. The van der Waals surface area contributed by atoms with Gasteiger partial charge in [0.05, 0.1) is 6.54 Å². The Morgan fingerprint density at radius 2 is 1.88 bits per heavy atom. The Morgan fingerprint density at radius 3 is 2.66 bits per heavy atom. The van der Waals surface area contributed by atoms with Crippen molar-refractivity contribution in [3.05, 3.63) is 99.5 Å². The average Bonchev–Trinajstić information content (AvgIpc) is 3.34. The highest BCUT2D eigenvalue weighted by molar-refractivity contribution is 7.98. The van der Waals surface area contributed by atoms with E-state index in [0.29, 0.717) is 38.8 Å². The van der Waals surface area contributed by atoms with Gasteiger partial charge in [0.1, 0.15) is 16.5 Å². The Balaban J connectivity index is 1.43.